The van der Waals surface area contributed by atoms with Gasteiger partial charge in [-0.15, -0.1) is 0 Å². The Hall–Kier alpha value is -3.12. The van der Waals surface area contributed by atoms with Crippen molar-refractivity contribution in [2.24, 2.45) is 5.41 Å². The van der Waals surface area contributed by atoms with Crippen LogP contribution in [0.3, 0.4) is 0 Å². The van der Waals surface area contributed by atoms with Gasteiger partial charge >= 0.3 is 6.09 Å². The van der Waals surface area contributed by atoms with Crippen LogP contribution in [0, 0.1) is 22.6 Å². The van der Waals surface area contributed by atoms with Crippen LogP contribution in [0.25, 0.3) is 0 Å². The topological polar surface area (TPSA) is 100 Å². The third-order valence-electron chi connectivity index (χ3n) is 5.70. The van der Waals surface area contributed by atoms with Crippen molar-refractivity contribution in [1.29, 1.82) is 5.26 Å². The highest BCUT2D eigenvalue weighted by Crippen LogP contribution is 2.53. The number of nitrogens with zero attached hydrogens (tertiary/aromatic N) is 4. The highest BCUT2D eigenvalue weighted by molar-refractivity contribution is 6.33. The average Bonchev–Trinajstić information content (AvgIpc) is 3.52. The van der Waals surface area contributed by atoms with E-state index in [4.69, 9.17) is 26.3 Å². The zero-order chi connectivity index (χ0) is 22.9. The molecular weight excluding hydrogens is 437 g/mol. The average molecular weight is 460 g/mol. The number of nitrogens with one attached hydrogen (secondary N) is 1. The summed E-state index contributed by atoms with van der Waals surface area (Å²) in [5, 5.41) is 12.1. The van der Waals surface area contributed by atoms with Crippen molar-refractivity contribution >= 4 is 29.2 Å². The molecule has 1 spiro atoms. The number of halogens is 2. The standard InChI is InChI=1S/C22H23ClFN5O3/c1-13(2)31-21(30)29-8-5-17(22(11-29)6-7-22)32-20-18(24)19(26-12-27-20)28-16-4-3-14(10-25)9-15(16)23/h3-4,9,12-13,17H,5-8,11H2,1-2H3,(H,26,27,28). The van der Waals surface area contributed by atoms with Crippen molar-refractivity contribution in [3.63, 3.8) is 0 Å². The van der Waals surface area contributed by atoms with E-state index >= 15 is 4.39 Å². The van der Waals surface area contributed by atoms with Gasteiger partial charge in [-0.25, -0.2) is 9.78 Å². The summed E-state index contributed by atoms with van der Waals surface area (Å²) >= 11 is 6.17. The second-order valence-electron chi connectivity index (χ2n) is 8.38. The number of nitriles is 1. The summed E-state index contributed by atoms with van der Waals surface area (Å²) in [6.45, 7) is 4.61. The highest BCUT2D eigenvalue weighted by atomic mass is 35.5. The number of anilines is 2. The summed E-state index contributed by atoms with van der Waals surface area (Å²) in [6.07, 6.45) is 2.78. The lowest BCUT2D eigenvalue weighted by Gasteiger charge is -2.38. The molecule has 1 unspecified atom stereocenters. The molecule has 1 saturated heterocycles. The van der Waals surface area contributed by atoms with Crippen LogP contribution >= 0.6 is 11.6 Å². The van der Waals surface area contributed by atoms with Crippen LogP contribution in [0.15, 0.2) is 24.5 Å². The van der Waals surface area contributed by atoms with Crippen LogP contribution in [-0.2, 0) is 4.74 Å². The van der Waals surface area contributed by atoms with Crippen LogP contribution in [0.5, 0.6) is 5.88 Å². The van der Waals surface area contributed by atoms with Gasteiger partial charge in [0.05, 0.1) is 28.4 Å². The first-order chi connectivity index (χ1) is 15.3. The van der Waals surface area contributed by atoms with Crippen LogP contribution in [-0.4, -0.2) is 46.3 Å². The van der Waals surface area contributed by atoms with E-state index in [1.54, 1.807) is 17.0 Å². The van der Waals surface area contributed by atoms with E-state index < -0.39 is 5.82 Å². The Kier molecular flexibility index (Phi) is 6.07. The van der Waals surface area contributed by atoms with E-state index in [-0.39, 0.29) is 40.4 Å². The molecule has 4 rings (SSSR count). The molecule has 168 valence electrons. The number of amides is 1. The molecule has 0 radical (unpaired) electrons. The molecule has 1 aromatic carbocycles. The fourth-order valence-electron chi connectivity index (χ4n) is 3.87. The third-order valence-corrected chi connectivity index (χ3v) is 6.01. The molecule has 1 amide bonds. The number of rotatable bonds is 5. The number of ether oxygens (including phenoxy) is 2. The largest absolute Gasteiger partial charge is 0.471 e. The van der Waals surface area contributed by atoms with Gasteiger partial charge in [0.25, 0.3) is 5.88 Å². The molecule has 2 heterocycles. The Morgan fingerprint density at radius 2 is 2.19 bits per heavy atom. The second-order valence-corrected chi connectivity index (χ2v) is 8.79. The Morgan fingerprint density at radius 1 is 1.41 bits per heavy atom. The van der Waals surface area contributed by atoms with Crippen LogP contribution < -0.4 is 10.1 Å². The van der Waals surface area contributed by atoms with E-state index in [1.165, 1.54) is 12.4 Å². The summed E-state index contributed by atoms with van der Waals surface area (Å²) in [4.78, 5) is 21.9. The molecule has 2 aliphatic rings. The van der Waals surface area contributed by atoms with Gasteiger partial charge in [-0.05, 0) is 44.9 Å². The molecule has 1 saturated carbocycles. The maximum Gasteiger partial charge on any atom is 0.410 e. The Bertz CT molecular complexity index is 1070. The molecule has 10 heteroatoms. The number of piperidine rings is 1. The summed E-state index contributed by atoms with van der Waals surface area (Å²) in [6, 6.07) is 6.62. The zero-order valence-electron chi connectivity index (χ0n) is 17.8. The molecule has 1 N–H and O–H groups in total. The molecule has 32 heavy (non-hydrogen) atoms. The number of likely N-dealkylation sites (tertiary alicyclic amines) is 1. The lowest BCUT2D eigenvalue weighted by molar-refractivity contribution is 0.0107. The van der Waals surface area contributed by atoms with E-state index in [1.807, 2.05) is 19.9 Å². The van der Waals surface area contributed by atoms with E-state index in [2.05, 4.69) is 15.3 Å². The van der Waals surface area contributed by atoms with E-state index in [0.717, 1.165) is 12.8 Å². The quantitative estimate of drug-likeness (QED) is 0.693. The number of aromatic nitrogens is 2. The molecular formula is C22H23ClFN5O3. The lowest BCUT2D eigenvalue weighted by atomic mass is 9.91. The smallest absolute Gasteiger partial charge is 0.410 e. The first-order valence-corrected chi connectivity index (χ1v) is 10.8. The fraction of sp³-hybridized carbons (Fsp3) is 0.455. The Balaban J connectivity index is 1.47. The van der Waals surface area contributed by atoms with Crippen molar-refractivity contribution < 1.29 is 18.7 Å². The van der Waals surface area contributed by atoms with Gasteiger partial charge in [-0.3, -0.25) is 0 Å². The molecule has 1 atom stereocenters. The van der Waals surface area contributed by atoms with Crippen LogP contribution in [0.4, 0.5) is 20.7 Å². The minimum Gasteiger partial charge on any atom is -0.471 e. The first kappa shape index (κ1) is 22.1. The van der Waals surface area contributed by atoms with Gasteiger partial charge in [0.1, 0.15) is 12.4 Å². The number of hydrogen-bond acceptors (Lipinski definition) is 7. The summed E-state index contributed by atoms with van der Waals surface area (Å²) < 4.78 is 26.4. The van der Waals surface area contributed by atoms with Gasteiger partial charge in [0.15, 0.2) is 5.82 Å². The van der Waals surface area contributed by atoms with Crippen LogP contribution in [0.1, 0.15) is 38.7 Å². The molecule has 2 fully saturated rings. The Labute approximate surface area is 190 Å². The SMILES string of the molecule is CC(C)OC(=O)N1CCC(Oc2ncnc(Nc3ccc(C#N)cc3Cl)c2F)C2(CC2)C1. The van der Waals surface area contributed by atoms with Gasteiger partial charge < -0.3 is 19.7 Å². The van der Waals surface area contributed by atoms with Gasteiger partial charge in [-0.1, -0.05) is 11.6 Å². The summed E-state index contributed by atoms with van der Waals surface area (Å²) in [7, 11) is 0. The molecule has 0 bridgehead atoms. The highest BCUT2D eigenvalue weighted by Gasteiger charge is 2.55. The summed E-state index contributed by atoms with van der Waals surface area (Å²) in [5.41, 5.74) is 0.589. The minimum absolute atomic E-state index is 0.0793. The van der Waals surface area contributed by atoms with E-state index in [0.29, 0.717) is 30.8 Å². The Morgan fingerprint density at radius 3 is 2.84 bits per heavy atom. The van der Waals surface area contributed by atoms with Gasteiger partial charge in [0.2, 0.25) is 5.82 Å². The van der Waals surface area contributed by atoms with Gasteiger partial charge in [0, 0.05) is 24.9 Å². The van der Waals surface area contributed by atoms with Crippen molar-refractivity contribution in [3.05, 3.63) is 40.9 Å². The number of hydrogen-bond donors (Lipinski definition) is 1. The molecule has 2 aromatic rings. The summed E-state index contributed by atoms with van der Waals surface area (Å²) in [5.74, 6) is -0.962. The predicted octanol–water partition coefficient (Wildman–Crippen LogP) is 4.66. The fourth-order valence-corrected chi connectivity index (χ4v) is 4.10. The predicted molar refractivity (Wildman–Crippen MR) is 115 cm³/mol. The van der Waals surface area contributed by atoms with Crippen molar-refractivity contribution in [3.8, 4) is 11.9 Å². The minimum atomic E-state index is -0.731. The number of carbonyl (C=O) groups is 1. The monoisotopic (exact) mass is 459 g/mol. The van der Waals surface area contributed by atoms with Crippen molar-refractivity contribution in [1.82, 2.24) is 14.9 Å². The van der Waals surface area contributed by atoms with Crippen molar-refractivity contribution in [2.45, 2.75) is 45.3 Å². The van der Waals surface area contributed by atoms with Crippen LogP contribution in [0.2, 0.25) is 5.02 Å². The number of benzene rings is 1. The first-order valence-electron chi connectivity index (χ1n) is 10.4. The molecule has 8 nitrogen and oxygen atoms in total. The third kappa shape index (κ3) is 4.55. The molecule has 1 aliphatic heterocycles. The maximum atomic E-state index is 15.1. The molecule has 1 aromatic heterocycles. The normalized spacial score (nSPS) is 18.9. The van der Waals surface area contributed by atoms with E-state index in [9.17, 15) is 4.79 Å². The second kappa shape index (κ2) is 8.79. The maximum absolute atomic E-state index is 15.1. The zero-order valence-corrected chi connectivity index (χ0v) is 18.5. The number of carbonyl (C=O) groups excluding carboxylic acids is 1. The van der Waals surface area contributed by atoms with Gasteiger partial charge in [-0.2, -0.15) is 14.6 Å². The lowest BCUT2D eigenvalue weighted by Crippen LogP contribution is -2.49. The molecule has 1 aliphatic carbocycles. The van der Waals surface area contributed by atoms with Crippen molar-refractivity contribution in [2.75, 3.05) is 18.4 Å².